The second-order valence-electron chi connectivity index (χ2n) is 3.93. The van der Waals surface area contributed by atoms with Gasteiger partial charge in [-0.3, -0.25) is 4.79 Å². The standard InChI is InChI=1S/C12H14N2O4S/c1-9-6-11(5-4-10(9)7-13)19(16,17)14(2)8-12(15)18-3/h4-6H,8H2,1-3H3. The molecule has 0 heterocycles. The average Bonchev–Trinajstić information content (AvgIpc) is 2.38. The van der Waals surface area contributed by atoms with E-state index in [0.29, 0.717) is 11.1 Å². The smallest absolute Gasteiger partial charge is 0.321 e. The first-order valence-corrected chi connectivity index (χ1v) is 6.81. The predicted molar refractivity (Wildman–Crippen MR) is 67.7 cm³/mol. The average molecular weight is 282 g/mol. The summed E-state index contributed by atoms with van der Waals surface area (Å²) < 4.78 is 29.7. The van der Waals surface area contributed by atoms with Gasteiger partial charge in [-0.25, -0.2) is 8.42 Å². The summed E-state index contributed by atoms with van der Waals surface area (Å²) in [5.74, 6) is -0.642. The molecule has 1 aromatic carbocycles. The minimum atomic E-state index is -3.77. The van der Waals surface area contributed by atoms with Gasteiger partial charge in [-0.2, -0.15) is 9.57 Å². The van der Waals surface area contributed by atoms with E-state index in [2.05, 4.69) is 4.74 Å². The van der Waals surface area contributed by atoms with Crippen LogP contribution in [0.1, 0.15) is 11.1 Å². The van der Waals surface area contributed by atoms with Crippen LogP contribution < -0.4 is 0 Å². The molecule has 0 saturated heterocycles. The van der Waals surface area contributed by atoms with Crippen molar-refractivity contribution in [2.75, 3.05) is 20.7 Å². The summed E-state index contributed by atoms with van der Waals surface area (Å²) in [5, 5.41) is 8.80. The molecule has 0 aliphatic carbocycles. The Morgan fingerprint density at radius 1 is 1.47 bits per heavy atom. The van der Waals surface area contributed by atoms with Gasteiger partial charge in [0.05, 0.1) is 23.6 Å². The molecular weight excluding hydrogens is 268 g/mol. The second kappa shape index (κ2) is 5.82. The lowest BCUT2D eigenvalue weighted by atomic mass is 10.1. The number of likely N-dealkylation sites (N-methyl/N-ethyl adjacent to an activating group) is 1. The maximum atomic E-state index is 12.2. The highest BCUT2D eigenvalue weighted by Crippen LogP contribution is 2.18. The largest absolute Gasteiger partial charge is 0.468 e. The molecule has 1 rings (SSSR count). The van der Waals surface area contributed by atoms with E-state index >= 15 is 0 Å². The van der Waals surface area contributed by atoms with Crippen LogP contribution in [0, 0.1) is 18.3 Å². The maximum absolute atomic E-state index is 12.2. The van der Waals surface area contributed by atoms with Crippen LogP contribution in [0.25, 0.3) is 0 Å². The highest BCUT2D eigenvalue weighted by molar-refractivity contribution is 7.89. The van der Waals surface area contributed by atoms with Gasteiger partial charge in [0.2, 0.25) is 10.0 Å². The Labute approximate surface area is 112 Å². The first kappa shape index (κ1) is 15.1. The number of benzene rings is 1. The lowest BCUT2D eigenvalue weighted by Gasteiger charge is -2.16. The Bertz CT molecular complexity index is 632. The van der Waals surface area contributed by atoms with Gasteiger partial charge in [0, 0.05) is 7.05 Å². The lowest BCUT2D eigenvalue weighted by Crippen LogP contribution is -2.32. The van der Waals surface area contributed by atoms with E-state index < -0.39 is 16.0 Å². The Kier molecular flexibility index (Phi) is 4.64. The zero-order chi connectivity index (χ0) is 14.6. The van der Waals surface area contributed by atoms with Gasteiger partial charge in [-0.05, 0) is 30.7 Å². The van der Waals surface area contributed by atoms with Crippen molar-refractivity contribution in [3.05, 3.63) is 29.3 Å². The van der Waals surface area contributed by atoms with Crippen molar-refractivity contribution in [2.24, 2.45) is 0 Å². The number of aryl methyl sites for hydroxylation is 1. The van der Waals surface area contributed by atoms with Crippen molar-refractivity contribution in [3.8, 4) is 6.07 Å². The van der Waals surface area contributed by atoms with Crippen molar-refractivity contribution in [2.45, 2.75) is 11.8 Å². The number of esters is 1. The number of ether oxygens (including phenoxy) is 1. The predicted octanol–water partition coefficient (Wildman–Crippen LogP) is 0.660. The SMILES string of the molecule is COC(=O)CN(C)S(=O)(=O)c1ccc(C#N)c(C)c1. The Balaban J connectivity index is 3.11. The summed E-state index contributed by atoms with van der Waals surface area (Å²) in [7, 11) is -1.29. The minimum absolute atomic E-state index is 0.0374. The van der Waals surface area contributed by atoms with Crippen LogP contribution in [0.3, 0.4) is 0 Å². The molecule has 0 aliphatic rings. The molecule has 7 heteroatoms. The van der Waals surface area contributed by atoms with Crippen LogP contribution in [0.15, 0.2) is 23.1 Å². The fourth-order valence-corrected chi connectivity index (χ4v) is 2.63. The Morgan fingerprint density at radius 2 is 2.11 bits per heavy atom. The number of nitriles is 1. The van der Waals surface area contributed by atoms with Crippen molar-refractivity contribution in [1.29, 1.82) is 5.26 Å². The normalized spacial score (nSPS) is 11.1. The van der Waals surface area contributed by atoms with Crippen LogP contribution in [-0.2, 0) is 19.6 Å². The van der Waals surface area contributed by atoms with Crippen molar-refractivity contribution >= 4 is 16.0 Å². The highest BCUT2D eigenvalue weighted by atomic mass is 32.2. The lowest BCUT2D eigenvalue weighted by molar-refractivity contribution is -0.140. The number of nitrogens with zero attached hydrogens (tertiary/aromatic N) is 2. The van der Waals surface area contributed by atoms with E-state index in [9.17, 15) is 13.2 Å². The molecule has 0 amide bonds. The zero-order valence-electron chi connectivity index (χ0n) is 10.9. The minimum Gasteiger partial charge on any atom is -0.468 e. The molecule has 0 saturated carbocycles. The van der Waals surface area contributed by atoms with Gasteiger partial charge in [-0.1, -0.05) is 0 Å². The molecule has 0 aliphatic heterocycles. The first-order chi connectivity index (χ1) is 8.82. The van der Waals surface area contributed by atoms with E-state index in [0.717, 1.165) is 4.31 Å². The Hall–Kier alpha value is -1.91. The summed E-state index contributed by atoms with van der Waals surface area (Å²) in [6, 6.07) is 6.15. The molecule has 0 N–H and O–H groups in total. The van der Waals surface area contributed by atoms with E-state index in [-0.39, 0.29) is 11.4 Å². The zero-order valence-corrected chi connectivity index (χ0v) is 11.7. The summed E-state index contributed by atoms with van der Waals surface area (Å²) >= 11 is 0. The summed E-state index contributed by atoms with van der Waals surface area (Å²) in [6.07, 6.45) is 0. The highest BCUT2D eigenvalue weighted by Gasteiger charge is 2.23. The van der Waals surface area contributed by atoms with E-state index in [1.165, 1.54) is 32.4 Å². The maximum Gasteiger partial charge on any atom is 0.321 e. The molecule has 6 nitrogen and oxygen atoms in total. The van der Waals surface area contributed by atoms with Crippen LogP contribution in [0.2, 0.25) is 0 Å². The van der Waals surface area contributed by atoms with Gasteiger partial charge in [-0.15, -0.1) is 0 Å². The fourth-order valence-electron chi connectivity index (χ4n) is 1.43. The van der Waals surface area contributed by atoms with Gasteiger partial charge in [0.15, 0.2) is 0 Å². The van der Waals surface area contributed by atoms with Crippen LogP contribution in [0.5, 0.6) is 0 Å². The number of hydrogen-bond donors (Lipinski definition) is 0. The number of carbonyl (C=O) groups is 1. The quantitative estimate of drug-likeness (QED) is 0.757. The molecule has 0 bridgehead atoms. The van der Waals surface area contributed by atoms with Crippen molar-refractivity contribution in [1.82, 2.24) is 4.31 Å². The number of sulfonamides is 1. The monoisotopic (exact) mass is 282 g/mol. The molecule has 0 atom stereocenters. The van der Waals surface area contributed by atoms with E-state index in [4.69, 9.17) is 5.26 Å². The van der Waals surface area contributed by atoms with Gasteiger partial charge in [0.25, 0.3) is 0 Å². The number of hydrogen-bond acceptors (Lipinski definition) is 5. The van der Waals surface area contributed by atoms with Crippen molar-refractivity contribution < 1.29 is 17.9 Å². The molecule has 1 aromatic rings. The third-order valence-corrected chi connectivity index (χ3v) is 4.41. The summed E-state index contributed by atoms with van der Waals surface area (Å²) in [5.41, 5.74) is 0.976. The third kappa shape index (κ3) is 3.30. The molecule has 0 fully saturated rings. The topological polar surface area (TPSA) is 87.5 Å². The van der Waals surface area contributed by atoms with Gasteiger partial charge >= 0.3 is 5.97 Å². The number of methoxy groups -OCH3 is 1. The molecule has 0 spiro atoms. The van der Waals surface area contributed by atoms with Gasteiger partial charge in [0.1, 0.15) is 6.54 Å². The van der Waals surface area contributed by atoms with Crippen LogP contribution in [-0.4, -0.2) is 39.4 Å². The van der Waals surface area contributed by atoms with E-state index in [1.807, 2.05) is 6.07 Å². The number of carbonyl (C=O) groups excluding carboxylic acids is 1. The van der Waals surface area contributed by atoms with Crippen molar-refractivity contribution in [3.63, 3.8) is 0 Å². The first-order valence-electron chi connectivity index (χ1n) is 5.37. The summed E-state index contributed by atoms with van der Waals surface area (Å²) in [4.78, 5) is 11.1. The van der Waals surface area contributed by atoms with Crippen LogP contribution in [0.4, 0.5) is 0 Å². The van der Waals surface area contributed by atoms with Crippen LogP contribution >= 0.6 is 0 Å². The molecule has 0 radical (unpaired) electrons. The molecule has 0 aromatic heterocycles. The Morgan fingerprint density at radius 3 is 2.58 bits per heavy atom. The molecular formula is C12H14N2O4S. The van der Waals surface area contributed by atoms with E-state index in [1.54, 1.807) is 6.92 Å². The molecule has 0 unspecified atom stereocenters. The molecule has 19 heavy (non-hydrogen) atoms. The fraction of sp³-hybridized carbons (Fsp3) is 0.333. The summed E-state index contributed by atoms with van der Waals surface area (Å²) in [6.45, 7) is 1.29. The second-order valence-corrected chi connectivity index (χ2v) is 5.97. The number of rotatable bonds is 4. The molecule has 102 valence electrons. The third-order valence-electron chi connectivity index (χ3n) is 2.61. The van der Waals surface area contributed by atoms with Gasteiger partial charge < -0.3 is 4.74 Å².